The van der Waals surface area contributed by atoms with Crippen molar-refractivity contribution >= 4 is 12.4 Å². The molecule has 10 heavy (non-hydrogen) atoms. The van der Waals surface area contributed by atoms with E-state index in [-0.39, 0.29) is 12.4 Å². The molecule has 1 aromatic rings. The number of nitrogens with two attached hydrogens (primary N) is 1. The first kappa shape index (κ1) is 9.39. The van der Waals surface area contributed by atoms with Gasteiger partial charge in [-0.15, -0.1) is 12.4 Å². The third-order valence-corrected chi connectivity index (χ3v) is 1.09. The Labute approximate surface area is 65.6 Å². The molecule has 5 heteroatoms. The van der Waals surface area contributed by atoms with E-state index in [1.54, 1.807) is 0 Å². The van der Waals surface area contributed by atoms with Crippen LogP contribution in [0.5, 0.6) is 0 Å². The van der Waals surface area contributed by atoms with E-state index < -0.39 is 0 Å². The normalized spacial score (nSPS) is 9.00. The maximum atomic E-state index is 5.28. The number of hydrogen-bond acceptors (Lipinski definition) is 3. The van der Waals surface area contributed by atoms with Crippen LogP contribution in [0.4, 0.5) is 0 Å². The second-order valence-corrected chi connectivity index (χ2v) is 1.76. The minimum absolute atomic E-state index is 0. The number of aromatic amines is 1. The van der Waals surface area contributed by atoms with Gasteiger partial charge in [0.1, 0.15) is 11.6 Å². The highest BCUT2D eigenvalue weighted by Crippen LogP contribution is 1.90. The quantitative estimate of drug-likeness (QED) is 0.655. The highest BCUT2D eigenvalue weighted by atomic mass is 35.5. The maximum Gasteiger partial charge on any atom is 0.150 e. The monoisotopic (exact) mass is 162 g/mol. The third-order valence-electron chi connectivity index (χ3n) is 1.09. The molecule has 3 N–H and O–H groups in total. The standard InChI is InChI=1S/C5H10N4.ClH/c1-2-4-7-5(3-6)9-8-4;/h2-3,6H2,1H3,(H,7,8,9);1H. The van der Waals surface area contributed by atoms with Crippen LogP contribution in [0.1, 0.15) is 18.6 Å². The summed E-state index contributed by atoms with van der Waals surface area (Å²) < 4.78 is 0. The van der Waals surface area contributed by atoms with Crippen molar-refractivity contribution in [3.05, 3.63) is 11.6 Å². The summed E-state index contributed by atoms with van der Waals surface area (Å²) in [5.74, 6) is 1.59. The van der Waals surface area contributed by atoms with E-state index in [2.05, 4.69) is 15.2 Å². The number of H-pyrrole nitrogens is 1. The molecule has 4 nitrogen and oxygen atoms in total. The summed E-state index contributed by atoms with van der Waals surface area (Å²) in [6.45, 7) is 2.44. The Morgan fingerprint density at radius 1 is 1.60 bits per heavy atom. The van der Waals surface area contributed by atoms with Crippen LogP contribution in [0.2, 0.25) is 0 Å². The van der Waals surface area contributed by atoms with Gasteiger partial charge in [0, 0.05) is 6.42 Å². The predicted octanol–water partition coefficient (Wildman–Crippen LogP) is 0.248. The highest BCUT2D eigenvalue weighted by Gasteiger charge is 1.95. The molecule has 0 saturated carbocycles. The fraction of sp³-hybridized carbons (Fsp3) is 0.600. The minimum atomic E-state index is 0. The molecular weight excluding hydrogens is 152 g/mol. The van der Waals surface area contributed by atoms with Crippen molar-refractivity contribution in [2.75, 3.05) is 0 Å². The first-order chi connectivity index (χ1) is 4.36. The van der Waals surface area contributed by atoms with Gasteiger partial charge in [-0.3, -0.25) is 5.10 Å². The molecule has 0 amide bonds. The summed E-state index contributed by atoms with van der Waals surface area (Å²) in [5.41, 5.74) is 5.28. The predicted molar refractivity (Wildman–Crippen MR) is 40.9 cm³/mol. The molecule has 0 unspecified atom stereocenters. The third kappa shape index (κ3) is 1.97. The number of aromatic nitrogens is 3. The van der Waals surface area contributed by atoms with Crippen LogP contribution < -0.4 is 5.73 Å². The average Bonchev–Trinajstić information content (AvgIpc) is 2.34. The van der Waals surface area contributed by atoms with Gasteiger partial charge in [-0.1, -0.05) is 6.92 Å². The largest absolute Gasteiger partial charge is 0.324 e. The number of nitrogens with one attached hydrogen (secondary N) is 1. The fourth-order valence-electron chi connectivity index (χ4n) is 0.584. The molecular formula is C5H11ClN4. The summed E-state index contributed by atoms with van der Waals surface area (Å²) >= 11 is 0. The van der Waals surface area contributed by atoms with Crippen LogP contribution in [-0.4, -0.2) is 15.2 Å². The molecule has 0 aliphatic carbocycles. The van der Waals surface area contributed by atoms with Crippen LogP contribution >= 0.6 is 12.4 Å². The van der Waals surface area contributed by atoms with Crippen molar-refractivity contribution in [1.29, 1.82) is 0 Å². The van der Waals surface area contributed by atoms with Gasteiger partial charge in [0.05, 0.1) is 6.54 Å². The molecule has 1 rings (SSSR count). The van der Waals surface area contributed by atoms with Crippen molar-refractivity contribution in [2.24, 2.45) is 5.73 Å². The molecule has 0 aliphatic heterocycles. The summed E-state index contributed by atoms with van der Waals surface area (Å²) in [6, 6.07) is 0. The number of rotatable bonds is 2. The molecule has 0 spiro atoms. The Hall–Kier alpha value is -0.610. The summed E-state index contributed by atoms with van der Waals surface area (Å²) in [5, 5.41) is 6.61. The summed E-state index contributed by atoms with van der Waals surface area (Å²) in [4.78, 5) is 4.06. The maximum absolute atomic E-state index is 5.28. The molecule has 0 atom stereocenters. The minimum Gasteiger partial charge on any atom is -0.324 e. The first-order valence-corrected chi connectivity index (χ1v) is 2.97. The van der Waals surface area contributed by atoms with Crippen LogP contribution in [0.25, 0.3) is 0 Å². The van der Waals surface area contributed by atoms with Crippen LogP contribution in [-0.2, 0) is 13.0 Å². The summed E-state index contributed by atoms with van der Waals surface area (Å²) in [7, 11) is 0. The van der Waals surface area contributed by atoms with Gasteiger partial charge < -0.3 is 5.73 Å². The van der Waals surface area contributed by atoms with E-state index in [9.17, 15) is 0 Å². The smallest absolute Gasteiger partial charge is 0.150 e. The van der Waals surface area contributed by atoms with E-state index in [4.69, 9.17) is 5.73 Å². The van der Waals surface area contributed by atoms with E-state index in [1.807, 2.05) is 6.92 Å². The van der Waals surface area contributed by atoms with Crippen molar-refractivity contribution in [3.63, 3.8) is 0 Å². The highest BCUT2D eigenvalue weighted by molar-refractivity contribution is 5.85. The molecule has 0 saturated heterocycles. The van der Waals surface area contributed by atoms with E-state index in [0.29, 0.717) is 6.54 Å². The lowest BCUT2D eigenvalue weighted by molar-refractivity contribution is 0.915. The SMILES string of the molecule is CCc1n[nH]c(CN)n1.Cl. The van der Waals surface area contributed by atoms with Crippen molar-refractivity contribution < 1.29 is 0 Å². The molecule has 58 valence electrons. The van der Waals surface area contributed by atoms with Crippen molar-refractivity contribution in [3.8, 4) is 0 Å². The van der Waals surface area contributed by atoms with Gasteiger partial charge in [-0.2, -0.15) is 5.10 Å². The topological polar surface area (TPSA) is 67.6 Å². The molecule has 0 aliphatic rings. The zero-order valence-electron chi connectivity index (χ0n) is 5.79. The van der Waals surface area contributed by atoms with Gasteiger partial charge in [0.2, 0.25) is 0 Å². The second-order valence-electron chi connectivity index (χ2n) is 1.76. The van der Waals surface area contributed by atoms with Crippen LogP contribution in [0.15, 0.2) is 0 Å². The molecule has 0 bridgehead atoms. The van der Waals surface area contributed by atoms with Crippen LogP contribution in [0.3, 0.4) is 0 Å². The average molecular weight is 163 g/mol. The Morgan fingerprint density at radius 2 is 2.30 bits per heavy atom. The second kappa shape index (κ2) is 4.24. The molecule has 0 aromatic carbocycles. The lowest BCUT2D eigenvalue weighted by Crippen LogP contribution is -1.98. The number of nitrogens with zero attached hydrogens (tertiary/aromatic N) is 2. The van der Waals surface area contributed by atoms with E-state index in [0.717, 1.165) is 18.1 Å². The van der Waals surface area contributed by atoms with Crippen molar-refractivity contribution in [1.82, 2.24) is 15.2 Å². The summed E-state index contributed by atoms with van der Waals surface area (Å²) in [6.07, 6.45) is 0.858. The van der Waals surface area contributed by atoms with E-state index in [1.165, 1.54) is 0 Å². The number of hydrogen-bond donors (Lipinski definition) is 2. The number of halogens is 1. The zero-order chi connectivity index (χ0) is 6.69. The van der Waals surface area contributed by atoms with E-state index >= 15 is 0 Å². The Morgan fingerprint density at radius 3 is 2.60 bits per heavy atom. The Kier molecular flexibility index (Phi) is 3.99. The Balaban J connectivity index is 0.000000810. The molecule has 1 heterocycles. The lowest BCUT2D eigenvalue weighted by atomic mass is 10.5. The van der Waals surface area contributed by atoms with Gasteiger partial charge in [0.15, 0.2) is 0 Å². The Bertz CT molecular complexity index is 167. The first-order valence-electron chi connectivity index (χ1n) is 2.97. The van der Waals surface area contributed by atoms with Gasteiger partial charge in [-0.25, -0.2) is 4.98 Å². The van der Waals surface area contributed by atoms with Gasteiger partial charge in [-0.05, 0) is 0 Å². The zero-order valence-corrected chi connectivity index (χ0v) is 6.61. The molecule has 0 radical (unpaired) electrons. The van der Waals surface area contributed by atoms with Gasteiger partial charge in [0.25, 0.3) is 0 Å². The van der Waals surface area contributed by atoms with Crippen LogP contribution in [0, 0.1) is 0 Å². The molecule has 0 fully saturated rings. The van der Waals surface area contributed by atoms with Crippen molar-refractivity contribution in [2.45, 2.75) is 19.9 Å². The van der Waals surface area contributed by atoms with Gasteiger partial charge >= 0.3 is 0 Å². The molecule has 1 aromatic heterocycles. The fourth-order valence-corrected chi connectivity index (χ4v) is 0.584. The lowest BCUT2D eigenvalue weighted by Gasteiger charge is -1.80. The number of aryl methyl sites for hydroxylation is 1.